The molecule has 0 spiro atoms. The van der Waals surface area contributed by atoms with Gasteiger partial charge in [-0.15, -0.1) is 0 Å². The third kappa shape index (κ3) is 6.03. The van der Waals surface area contributed by atoms with Crippen LogP contribution in [0.25, 0.3) is 0 Å². The van der Waals surface area contributed by atoms with E-state index in [0.29, 0.717) is 11.9 Å². The van der Waals surface area contributed by atoms with Gasteiger partial charge in [0, 0.05) is 25.6 Å². The topological polar surface area (TPSA) is 43.8 Å². The number of amides is 1. The highest BCUT2D eigenvalue weighted by atomic mass is 16.3. The summed E-state index contributed by atoms with van der Waals surface area (Å²) in [6, 6.07) is 0.560. The van der Waals surface area contributed by atoms with E-state index in [1.165, 1.54) is 51.4 Å². The van der Waals surface area contributed by atoms with E-state index < -0.39 is 0 Å². The lowest BCUT2D eigenvalue weighted by atomic mass is 9.88. The Kier molecular flexibility index (Phi) is 8.54. The molecule has 2 fully saturated rings. The van der Waals surface area contributed by atoms with Crippen molar-refractivity contribution in [3.8, 4) is 0 Å². The third-order valence-corrected chi connectivity index (χ3v) is 6.16. The Bertz CT molecular complexity index is 363. The molecule has 2 saturated carbocycles. The number of hydrogen-bond acceptors (Lipinski definition) is 3. The second-order valence-corrected chi connectivity index (χ2v) is 8.03. The third-order valence-electron chi connectivity index (χ3n) is 6.16. The molecule has 1 amide bonds. The zero-order valence-electron chi connectivity index (χ0n) is 15.9. The fourth-order valence-corrected chi connectivity index (χ4v) is 4.38. The van der Waals surface area contributed by atoms with Gasteiger partial charge < -0.3 is 10.0 Å². The molecule has 0 saturated heterocycles. The van der Waals surface area contributed by atoms with E-state index in [1.807, 2.05) is 11.9 Å². The van der Waals surface area contributed by atoms with Gasteiger partial charge >= 0.3 is 0 Å². The number of rotatable bonds is 8. The van der Waals surface area contributed by atoms with E-state index in [1.54, 1.807) is 0 Å². The molecule has 1 N–H and O–H groups in total. The second-order valence-electron chi connectivity index (χ2n) is 8.03. The van der Waals surface area contributed by atoms with E-state index in [2.05, 4.69) is 11.9 Å². The van der Waals surface area contributed by atoms with Crippen LogP contribution in [0, 0.1) is 5.92 Å². The molecule has 4 heteroatoms. The van der Waals surface area contributed by atoms with Crippen molar-refractivity contribution in [1.82, 2.24) is 9.80 Å². The number of aliphatic hydroxyl groups is 1. The van der Waals surface area contributed by atoms with E-state index in [-0.39, 0.29) is 12.1 Å². The largest absolute Gasteiger partial charge is 0.378 e. The summed E-state index contributed by atoms with van der Waals surface area (Å²) in [6.45, 7) is 0.829. The lowest BCUT2D eigenvalue weighted by Crippen LogP contribution is -2.41. The SMILES string of the molecule is CN(CCCCC(O)N(C)C1CCCCC1)C(=O)C1CCCCC1. The van der Waals surface area contributed by atoms with E-state index >= 15 is 0 Å². The first kappa shape index (κ1) is 19.7. The number of nitrogens with zero attached hydrogens (tertiary/aromatic N) is 2. The lowest BCUT2D eigenvalue weighted by Gasteiger charge is -2.34. The molecule has 0 bridgehead atoms. The molecule has 140 valence electrons. The second kappa shape index (κ2) is 10.4. The van der Waals surface area contributed by atoms with Crippen molar-refractivity contribution in [2.75, 3.05) is 20.6 Å². The molecule has 1 unspecified atom stereocenters. The van der Waals surface area contributed by atoms with Crippen molar-refractivity contribution in [3.63, 3.8) is 0 Å². The van der Waals surface area contributed by atoms with Gasteiger partial charge in [-0.25, -0.2) is 0 Å². The molecule has 0 heterocycles. The molecule has 4 nitrogen and oxygen atoms in total. The van der Waals surface area contributed by atoms with Gasteiger partial charge in [-0.1, -0.05) is 38.5 Å². The molecule has 0 aliphatic heterocycles. The maximum atomic E-state index is 12.4. The van der Waals surface area contributed by atoms with E-state index in [9.17, 15) is 9.90 Å². The summed E-state index contributed by atoms with van der Waals surface area (Å²) in [6.07, 6.45) is 14.7. The molecule has 2 aliphatic carbocycles. The first-order valence-corrected chi connectivity index (χ1v) is 10.2. The summed E-state index contributed by atoms with van der Waals surface area (Å²) in [7, 11) is 4.01. The van der Waals surface area contributed by atoms with Gasteiger partial charge in [0.05, 0.1) is 0 Å². The molecule has 0 aromatic heterocycles. The number of carbonyl (C=O) groups excluding carboxylic acids is 1. The highest BCUT2D eigenvalue weighted by Gasteiger charge is 2.24. The summed E-state index contributed by atoms with van der Waals surface area (Å²) in [5, 5.41) is 10.4. The van der Waals surface area contributed by atoms with Gasteiger partial charge in [0.2, 0.25) is 5.91 Å². The van der Waals surface area contributed by atoms with Crippen LogP contribution >= 0.6 is 0 Å². The summed E-state index contributed by atoms with van der Waals surface area (Å²) in [5.41, 5.74) is 0. The van der Waals surface area contributed by atoms with E-state index in [0.717, 1.165) is 38.6 Å². The van der Waals surface area contributed by atoms with Crippen molar-refractivity contribution in [1.29, 1.82) is 0 Å². The fourth-order valence-electron chi connectivity index (χ4n) is 4.38. The highest BCUT2D eigenvalue weighted by Crippen LogP contribution is 2.26. The number of aliphatic hydroxyl groups excluding tert-OH is 1. The van der Waals surface area contributed by atoms with Crippen molar-refractivity contribution in [3.05, 3.63) is 0 Å². The van der Waals surface area contributed by atoms with Gasteiger partial charge in [0.15, 0.2) is 0 Å². The van der Waals surface area contributed by atoms with Crippen LogP contribution in [0.2, 0.25) is 0 Å². The zero-order chi connectivity index (χ0) is 17.4. The van der Waals surface area contributed by atoms with Crippen molar-refractivity contribution in [2.24, 2.45) is 5.92 Å². The maximum Gasteiger partial charge on any atom is 0.225 e. The predicted octanol–water partition coefficient (Wildman–Crippen LogP) is 3.78. The Hall–Kier alpha value is -0.610. The average Bonchev–Trinajstić information content (AvgIpc) is 2.65. The number of hydrogen-bond donors (Lipinski definition) is 1. The Morgan fingerprint density at radius 3 is 2.17 bits per heavy atom. The maximum absolute atomic E-state index is 12.4. The van der Waals surface area contributed by atoms with Crippen LogP contribution in [-0.2, 0) is 4.79 Å². The number of unbranched alkanes of at least 4 members (excludes halogenated alkanes) is 1. The summed E-state index contributed by atoms with van der Waals surface area (Å²) >= 11 is 0. The molecule has 0 aromatic rings. The Morgan fingerprint density at radius 2 is 1.54 bits per heavy atom. The molecule has 0 radical (unpaired) electrons. The van der Waals surface area contributed by atoms with Gasteiger partial charge in [-0.05, 0) is 52.0 Å². The normalized spacial score (nSPS) is 21.8. The van der Waals surface area contributed by atoms with Crippen LogP contribution in [0.15, 0.2) is 0 Å². The summed E-state index contributed by atoms with van der Waals surface area (Å²) in [4.78, 5) is 16.5. The highest BCUT2D eigenvalue weighted by molar-refractivity contribution is 5.78. The summed E-state index contributed by atoms with van der Waals surface area (Å²) in [5.74, 6) is 0.612. The quantitative estimate of drug-likeness (QED) is 0.541. The molecule has 0 aromatic carbocycles. The predicted molar refractivity (Wildman–Crippen MR) is 98.7 cm³/mol. The number of carbonyl (C=O) groups is 1. The summed E-state index contributed by atoms with van der Waals surface area (Å²) < 4.78 is 0. The molecular formula is C20H38N2O2. The fraction of sp³-hybridized carbons (Fsp3) is 0.950. The monoisotopic (exact) mass is 338 g/mol. The van der Waals surface area contributed by atoms with Gasteiger partial charge in [-0.2, -0.15) is 0 Å². The molecule has 24 heavy (non-hydrogen) atoms. The van der Waals surface area contributed by atoms with Crippen molar-refractivity contribution < 1.29 is 9.90 Å². The van der Waals surface area contributed by atoms with Gasteiger partial charge in [-0.3, -0.25) is 9.69 Å². The molecular weight excluding hydrogens is 300 g/mol. The van der Waals surface area contributed by atoms with Crippen LogP contribution in [0.4, 0.5) is 0 Å². The smallest absolute Gasteiger partial charge is 0.225 e. The average molecular weight is 339 g/mol. The van der Waals surface area contributed by atoms with Gasteiger partial charge in [0.25, 0.3) is 0 Å². The molecule has 2 aliphatic rings. The van der Waals surface area contributed by atoms with Crippen molar-refractivity contribution >= 4 is 5.91 Å². The van der Waals surface area contributed by atoms with Crippen LogP contribution in [0.5, 0.6) is 0 Å². The van der Waals surface area contributed by atoms with Gasteiger partial charge in [0.1, 0.15) is 6.23 Å². The van der Waals surface area contributed by atoms with Crippen LogP contribution < -0.4 is 0 Å². The first-order valence-electron chi connectivity index (χ1n) is 10.2. The van der Waals surface area contributed by atoms with Crippen LogP contribution in [0.3, 0.4) is 0 Å². The zero-order valence-corrected chi connectivity index (χ0v) is 15.9. The van der Waals surface area contributed by atoms with Crippen LogP contribution in [-0.4, -0.2) is 53.7 Å². The first-order chi connectivity index (χ1) is 11.6. The standard InChI is InChI=1S/C20H38N2O2/c1-21(20(24)17-11-5-3-6-12-17)16-10-9-15-19(23)22(2)18-13-7-4-8-14-18/h17-19,23H,3-16H2,1-2H3. The lowest BCUT2D eigenvalue weighted by molar-refractivity contribution is -0.135. The Balaban J connectivity index is 1.59. The Morgan fingerprint density at radius 1 is 0.958 bits per heavy atom. The Labute approximate surface area is 148 Å². The minimum Gasteiger partial charge on any atom is -0.378 e. The minimum absolute atomic E-state index is 0.270. The van der Waals surface area contributed by atoms with Crippen molar-refractivity contribution in [2.45, 2.75) is 95.7 Å². The molecule has 1 atom stereocenters. The minimum atomic E-state index is -0.326. The van der Waals surface area contributed by atoms with Crippen LogP contribution in [0.1, 0.15) is 83.5 Å². The molecule has 2 rings (SSSR count). The van der Waals surface area contributed by atoms with E-state index in [4.69, 9.17) is 0 Å².